The summed E-state index contributed by atoms with van der Waals surface area (Å²) in [7, 11) is -3.92. The second-order valence-electron chi connectivity index (χ2n) is 7.11. The fourth-order valence-electron chi connectivity index (χ4n) is 3.38. The van der Waals surface area contributed by atoms with Gasteiger partial charge in [-0.25, -0.2) is 12.8 Å². The highest BCUT2D eigenvalue weighted by Crippen LogP contribution is 2.25. The van der Waals surface area contributed by atoms with Gasteiger partial charge in [-0.1, -0.05) is 53.0 Å². The third kappa shape index (κ3) is 4.66. The first-order chi connectivity index (χ1) is 15.1. The molecule has 0 amide bonds. The Morgan fingerprint density at radius 3 is 2.38 bits per heavy atom. The van der Waals surface area contributed by atoms with Crippen molar-refractivity contribution in [3.63, 3.8) is 0 Å². The predicted octanol–water partition coefficient (Wildman–Crippen LogP) is 5.94. The first kappa shape index (κ1) is 22.7. The first-order valence-corrected chi connectivity index (χ1v) is 12.0. The Kier molecular flexibility index (Phi) is 6.27. The standard InChI is InChI=1S/C22H14Cl3FN2O3S/c23-16-6-14(7-17(24)10-16)12-32(30,31)28-20-8-13(4-5-15(20)11-27-28)9-21(29)22-18(25)2-1-3-19(22)26/h1-8,10-11H,9,12H2. The van der Waals surface area contributed by atoms with E-state index in [0.29, 0.717) is 32.1 Å². The summed E-state index contributed by atoms with van der Waals surface area (Å²) in [5, 5.41) is 5.24. The average Bonchev–Trinajstić information content (AvgIpc) is 3.11. The van der Waals surface area contributed by atoms with Crippen molar-refractivity contribution in [1.82, 2.24) is 9.19 Å². The highest BCUT2D eigenvalue weighted by atomic mass is 35.5. The number of carbonyl (C=O) groups is 1. The van der Waals surface area contributed by atoms with Gasteiger partial charge in [-0.05, 0) is 47.5 Å². The van der Waals surface area contributed by atoms with E-state index in [-0.39, 0.29) is 22.8 Å². The first-order valence-electron chi connectivity index (χ1n) is 9.26. The number of Topliss-reactive ketones (excluding diaryl/α,β-unsaturated/α-hetero) is 1. The maximum Gasteiger partial charge on any atom is 0.258 e. The molecule has 4 aromatic rings. The zero-order chi connectivity index (χ0) is 23.0. The molecule has 164 valence electrons. The molecule has 0 aliphatic rings. The fourth-order valence-corrected chi connectivity index (χ4v) is 5.57. The Labute approximate surface area is 198 Å². The van der Waals surface area contributed by atoms with E-state index < -0.39 is 21.6 Å². The number of hydrogen-bond donors (Lipinski definition) is 0. The van der Waals surface area contributed by atoms with Gasteiger partial charge in [-0.15, -0.1) is 0 Å². The Bertz CT molecular complexity index is 1430. The van der Waals surface area contributed by atoms with Gasteiger partial charge in [0.15, 0.2) is 5.78 Å². The van der Waals surface area contributed by atoms with E-state index in [1.807, 2.05) is 0 Å². The number of hydrogen-bond acceptors (Lipinski definition) is 4. The van der Waals surface area contributed by atoms with E-state index in [0.717, 1.165) is 10.2 Å². The molecule has 3 aromatic carbocycles. The molecule has 10 heteroatoms. The van der Waals surface area contributed by atoms with Gasteiger partial charge in [0.1, 0.15) is 5.82 Å². The number of fused-ring (bicyclic) bond motifs is 1. The average molecular weight is 512 g/mol. The number of ketones is 1. The summed E-state index contributed by atoms with van der Waals surface area (Å²) in [5.41, 5.74) is 0.993. The lowest BCUT2D eigenvalue weighted by Gasteiger charge is -2.09. The SMILES string of the molecule is O=C(Cc1ccc2cnn(S(=O)(=O)Cc3cc(Cl)cc(Cl)c3)c2c1)c1c(F)cccc1Cl. The summed E-state index contributed by atoms with van der Waals surface area (Å²) in [6.45, 7) is 0. The van der Waals surface area contributed by atoms with Crippen LogP contribution >= 0.6 is 34.8 Å². The van der Waals surface area contributed by atoms with Gasteiger partial charge in [0, 0.05) is 21.9 Å². The molecule has 0 saturated carbocycles. The van der Waals surface area contributed by atoms with E-state index in [1.54, 1.807) is 12.1 Å². The zero-order valence-corrected chi connectivity index (χ0v) is 19.3. The van der Waals surface area contributed by atoms with Crippen LogP contribution < -0.4 is 0 Å². The third-order valence-corrected chi connectivity index (χ3v) is 7.01. The van der Waals surface area contributed by atoms with Crippen molar-refractivity contribution >= 4 is 61.5 Å². The Balaban J connectivity index is 1.67. The normalized spacial score (nSPS) is 11.8. The highest BCUT2D eigenvalue weighted by Gasteiger charge is 2.21. The van der Waals surface area contributed by atoms with Crippen LogP contribution in [0.4, 0.5) is 4.39 Å². The van der Waals surface area contributed by atoms with E-state index in [2.05, 4.69) is 5.10 Å². The summed E-state index contributed by atoms with van der Waals surface area (Å²) < 4.78 is 41.0. The van der Waals surface area contributed by atoms with Crippen LogP contribution in [0.2, 0.25) is 15.1 Å². The summed E-state index contributed by atoms with van der Waals surface area (Å²) in [6.07, 6.45) is 1.25. The molecular weight excluding hydrogens is 498 g/mol. The monoisotopic (exact) mass is 510 g/mol. The number of carbonyl (C=O) groups excluding carboxylic acids is 1. The van der Waals surface area contributed by atoms with Crippen molar-refractivity contribution in [1.29, 1.82) is 0 Å². The lowest BCUT2D eigenvalue weighted by Crippen LogP contribution is -2.16. The minimum absolute atomic E-state index is 0.0175. The molecule has 0 unspecified atom stereocenters. The van der Waals surface area contributed by atoms with Crippen molar-refractivity contribution < 1.29 is 17.6 Å². The van der Waals surface area contributed by atoms with Gasteiger partial charge in [0.2, 0.25) is 0 Å². The number of rotatable bonds is 6. The zero-order valence-electron chi connectivity index (χ0n) is 16.2. The molecule has 0 bridgehead atoms. The van der Waals surface area contributed by atoms with Gasteiger partial charge in [0.25, 0.3) is 10.0 Å². The van der Waals surface area contributed by atoms with Crippen LogP contribution in [-0.2, 0) is 22.2 Å². The lowest BCUT2D eigenvalue weighted by molar-refractivity contribution is 0.0989. The fraction of sp³-hybridized carbons (Fsp3) is 0.0909. The number of aromatic nitrogens is 2. The van der Waals surface area contributed by atoms with E-state index in [9.17, 15) is 17.6 Å². The smallest absolute Gasteiger partial charge is 0.258 e. The quantitative estimate of drug-likeness (QED) is 0.301. The van der Waals surface area contributed by atoms with Crippen LogP contribution in [0.15, 0.2) is 60.8 Å². The van der Waals surface area contributed by atoms with Crippen LogP contribution in [0.5, 0.6) is 0 Å². The Hall–Kier alpha value is -2.45. The summed E-state index contributed by atoms with van der Waals surface area (Å²) in [4.78, 5) is 12.6. The molecule has 0 aliphatic heterocycles. The van der Waals surface area contributed by atoms with Gasteiger partial charge in [-0.3, -0.25) is 4.79 Å². The molecule has 32 heavy (non-hydrogen) atoms. The molecule has 0 fully saturated rings. The van der Waals surface area contributed by atoms with Crippen LogP contribution in [0.25, 0.3) is 10.9 Å². The molecule has 4 rings (SSSR count). The van der Waals surface area contributed by atoms with E-state index in [1.165, 1.54) is 42.6 Å². The minimum atomic E-state index is -3.92. The molecule has 0 N–H and O–H groups in total. The van der Waals surface area contributed by atoms with Crippen molar-refractivity contribution in [3.8, 4) is 0 Å². The molecule has 1 aromatic heterocycles. The molecule has 0 aliphatic carbocycles. The van der Waals surface area contributed by atoms with Crippen molar-refractivity contribution in [2.45, 2.75) is 12.2 Å². The van der Waals surface area contributed by atoms with Crippen LogP contribution in [0.3, 0.4) is 0 Å². The molecule has 1 heterocycles. The minimum Gasteiger partial charge on any atom is -0.294 e. The number of nitrogens with zero attached hydrogens (tertiary/aromatic N) is 2. The van der Waals surface area contributed by atoms with Crippen LogP contribution in [-0.4, -0.2) is 23.4 Å². The molecule has 0 atom stereocenters. The Morgan fingerprint density at radius 2 is 1.69 bits per heavy atom. The lowest BCUT2D eigenvalue weighted by atomic mass is 10.0. The van der Waals surface area contributed by atoms with Gasteiger partial charge in [-0.2, -0.15) is 9.19 Å². The van der Waals surface area contributed by atoms with Crippen molar-refractivity contribution in [3.05, 3.63) is 98.4 Å². The maximum atomic E-state index is 14.1. The summed E-state index contributed by atoms with van der Waals surface area (Å²) in [6, 6.07) is 13.4. The largest absolute Gasteiger partial charge is 0.294 e. The van der Waals surface area contributed by atoms with E-state index >= 15 is 0 Å². The third-order valence-electron chi connectivity index (χ3n) is 4.74. The summed E-state index contributed by atoms with van der Waals surface area (Å²) >= 11 is 17.9. The van der Waals surface area contributed by atoms with Crippen LogP contribution in [0, 0.1) is 5.82 Å². The van der Waals surface area contributed by atoms with Gasteiger partial charge < -0.3 is 0 Å². The molecule has 0 saturated heterocycles. The molecular formula is C22H14Cl3FN2O3S. The highest BCUT2D eigenvalue weighted by molar-refractivity contribution is 7.89. The second kappa shape index (κ2) is 8.83. The van der Waals surface area contributed by atoms with E-state index in [4.69, 9.17) is 34.8 Å². The Morgan fingerprint density at radius 1 is 0.969 bits per heavy atom. The maximum absolute atomic E-state index is 14.1. The van der Waals surface area contributed by atoms with Gasteiger partial charge >= 0.3 is 0 Å². The molecule has 0 spiro atoms. The molecule has 0 radical (unpaired) electrons. The predicted molar refractivity (Wildman–Crippen MR) is 124 cm³/mol. The van der Waals surface area contributed by atoms with Gasteiger partial charge in [0.05, 0.1) is 28.1 Å². The molecule has 5 nitrogen and oxygen atoms in total. The number of benzene rings is 3. The van der Waals surface area contributed by atoms with Crippen molar-refractivity contribution in [2.75, 3.05) is 0 Å². The summed E-state index contributed by atoms with van der Waals surface area (Å²) in [5.74, 6) is -1.61. The van der Waals surface area contributed by atoms with Crippen molar-refractivity contribution in [2.24, 2.45) is 0 Å². The second-order valence-corrected chi connectivity index (χ2v) is 10.2. The van der Waals surface area contributed by atoms with Crippen LogP contribution in [0.1, 0.15) is 21.5 Å². The topological polar surface area (TPSA) is 69.0 Å². The number of halogens is 4.